The van der Waals surface area contributed by atoms with E-state index in [9.17, 15) is 0 Å². The number of pyridine rings is 1. The molecule has 0 aliphatic rings. The maximum absolute atomic E-state index is 6.48. The summed E-state index contributed by atoms with van der Waals surface area (Å²) in [6, 6.07) is 25.0. The van der Waals surface area contributed by atoms with Gasteiger partial charge < -0.3 is 8.83 Å². The van der Waals surface area contributed by atoms with Gasteiger partial charge >= 0.3 is 0 Å². The van der Waals surface area contributed by atoms with Crippen LogP contribution in [-0.4, -0.2) is 9.38 Å². The van der Waals surface area contributed by atoms with Crippen LogP contribution in [0.15, 0.2) is 94.0 Å². The molecule has 0 amide bonds. The fourth-order valence-corrected chi connectivity index (χ4v) is 5.18. The normalized spacial score (nSPS) is 12.5. The molecule has 0 N–H and O–H groups in total. The van der Waals surface area contributed by atoms with E-state index < -0.39 is 0 Å². The van der Waals surface area contributed by atoms with Gasteiger partial charge in [0.25, 0.3) is 0 Å². The van der Waals surface area contributed by atoms with E-state index in [1.54, 1.807) is 0 Å². The Morgan fingerprint density at radius 1 is 0.581 bits per heavy atom. The van der Waals surface area contributed by atoms with E-state index in [-0.39, 0.29) is 0 Å². The van der Waals surface area contributed by atoms with Crippen molar-refractivity contribution in [1.82, 2.24) is 9.38 Å². The molecule has 8 aromatic rings. The highest BCUT2D eigenvalue weighted by Crippen LogP contribution is 2.42. The molecule has 4 nitrogen and oxygen atoms in total. The number of nitrogens with zero attached hydrogens (tertiary/aromatic N) is 2. The maximum Gasteiger partial charge on any atom is 0.147 e. The Hall–Kier alpha value is -4.31. The highest BCUT2D eigenvalue weighted by Gasteiger charge is 2.19. The van der Waals surface area contributed by atoms with E-state index >= 15 is 0 Å². The van der Waals surface area contributed by atoms with E-state index in [2.05, 4.69) is 64.0 Å². The van der Waals surface area contributed by atoms with Gasteiger partial charge in [-0.05, 0) is 35.7 Å². The largest absolute Gasteiger partial charge is 0.456 e. The van der Waals surface area contributed by atoms with Crippen LogP contribution in [0.25, 0.3) is 71.2 Å². The number of para-hydroxylation sites is 1. The zero-order valence-electron chi connectivity index (χ0n) is 16.3. The lowest BCUT2D eigenvalue weighted by atomic mass is 10.0. The van der Waals surface area contributed by atoms with Crippen LogP contribution in [0.1, 0.15) is 0 Å². The Bertz CT molecular complexity index is 2000. The van der Waals surface area contributed by atoms with Gasteiger partial charge in [-0.2, -0.15) is 0 Å². The minimum absolute atomic E-state index is 0.843. The molecule has 0 fully saturated rings. The number of imidazole rings is 1. The summed E-state index contributed by atoms with van der Waals surface area (Å²) in [5.41, 5.74) is 5.53. The molecule has 4 heteroatoms. The smallest absolute Gasteiger partial charge is 0.147 e. The molecular formula is C27H14N2O2. The monoisotopic (exact) mass is 398 g/mol. The Kier molecular flexibility index (Phi) is 2.62. The van der Waals surface area contributed by atoms with Gasteiger partial charge in [-0.1, -0.05) is 42.5 Å². The molecule has 0 aliphatic carbocycles. The average Bonchev–Trinajstić information content (AvgIpc) is 3.53. The Labute approximate surface area is 174 Å². The fraction of sp³-hybridized carbons (Fsp3) is 0. The van der Waals surface area contributed by atoms with Crippen molar-refractivity contribution in [3.05, 3.63) is 85.2 Å². The van der Waals surface area contributed by atoms with Gasteiger partial charge in [0.15, 0.2) is 0 Å². The molecule has 144 valence electrons. The Morgan fingerprint density at radius 3 is 2.23 bits per heavy atom. The van der Waals surface area contributed by atoms with Crippen LogP contribution in [-0.2, 0) is 0 Å². The van der Waals surface area contributed by atoms with Crippen molar-refractivity contribution in [1.29, 1.82) is 0 Å². The molecule has 0 spiro atoms. The van der Waals surface area contributed by atoms with Crippen molar-refractivity contribution in [2.75, 3.05) is 0 Å². The summed E-state index contributed by atoms with van der Waals surface area (Å²) in [6.45, 7) is 0. The molecule has 4 aromatic carbocycles. The van der Waals surface area contributed by atoms with E-state index in [0.717, 1.165) is 60.4 Å². The zero-order valence-corrected chi connectivity index (χ0v) is 16.3. The van der Waals surface area contributed by atoms with E-state index in [1.165, 1.54) is 10.8 Å². The second-order valence-corrected chi connectivity index (χ2v) is 8.02. The third-order valence-electron chi connectivity index (χ3n) is 6.46. The Balaban J connectivity index is 1.70. The molecule has 0 unspecified atom stereocenters. The second kappa shape index (κ2) is 5.24. The first-order chi connectivity index (χ1) is 15.4. The number of benzene rings is 4. The van der Waals surface area contributed by atoms with E-state index in [0.29, 0.717) is 0 Å². The summed E-state index contributed by atoms with van der Waals surface area (Å²) in [5.74, 6) is 0. The number of fused-ring (bicyclic) bond motifs is 14. The quantitative estimate of drug-likeness (QED) is 0.249. The highest BCUT2D eigenvalue weighted by molar-refractivity contribution is 6.28. The Morgan fingerprint density at radius 2 is 1.32 bits per heavy atom. The second-order valence-electron chi connectivity index (χ2n) is 8.02. The number of furan rings is 2. The number of rotatable bonds is 0. The van der Waals surface area contributed by atoms with Gasteiger partial charge in [-0.3, -0.25) is 4.40 Å². The summed E-state index contributed by atoms with van der Waals surface area (Å²) in [6.07, 6.45) is 3.90. The van der Waals surface area contributed by atoms with Crippen LogP contribution in [0, 0.1) is 0 Å². The van der Waals surface area contributed by atoms with E-state index in [4.69, 9.17) is 8.83 Å². The third kappa shape index (κ3) is 1.79. The molecule has 0 atom stereocenters. The minimum atomic E-state index is 0.843. The molecular weight excluding hydrogens is 384 g/mol. The van der Waals surface area contributed by atoms with Gasteiger partial charge in [-0.15, -0.1) is 0 Å². The van der Waals surface area contributed by atoms with Crippen LogP contribution in [0.3, 0.4) is 0 Å². The number of aromatic nitrogens is 2. The summed E-state index contributed by atoms with van der Waals surface area (Å²) in [5, 5.41) is 7.83. The molecule has 8 rings (SSSR count). The predicted octanol–water partition coefficient (Wildman–Crippen LogP) is 7.44. The minimum Gasteiger partial charge on any atom is -0.456 e. The SMILES string of the molecule is c1ccc2c(c1)oc1ccc3c(oc4ccc5c6ccccc6c6nccn6c5c43)c12. The standard InChI is InChI=1S/C27H14N2O2/c1-2-6-17-15(5-1)16-9-11-21-23(25(16)29-14-13-28-27(17)29)19-10-12-22-24(26(19)31-21)18-7-3-4-8-20(18)30-22/h1-14H. The molecule has 31 heavy (non-hydrogen) atoms. The molecule has 0 saturated heterocycles. The van der Waals surface area contributed by atoms with Crippen molar-refractivity contribution in [2.45, 2.75) is 0 Å². The molecule has 0 bridgehead atoms. The van der Waals surface area contributed by atoms with Crippen LogP contribution < -0.4 is 0 Å². The van der Waals surface area contributed by atoms with Gasteiger partial charge in [0.1, 0.15) is 28.0 Å². The lowest BCUT2D eigenvalue weighted by molar-refractivity contribution is 0.663. The molecule has 0 saturated carbocycles. The van der Waals surface area contributed by atoms with Crippen LogP contribution in [0.4, 0.5) is 0 Å². The van der Waals surface area contributed by atoms with Gasteiger partial charge in [-0.25, -0.2) is 4.98 Å². The van der Waals surface area contributed by atoms with Gasteiger partial charge in [0.2, 0.25) is 0 Å². The lowest BCUT2D eigenvalue weighted by Gasteiger charge is -2.09. The van der Waals surface area contributed by atoms with Gasteiger partial charge in [0, 0.05) is 33.9 Å². The first kappa shape index (κ1) is 15.5. The molecule has 4 aromatic heterocycles. The molecule has 4 heterocycles. The van der Waals surface area contributed by atoms with Crippen LogP contribution in [0.2, 0.25) is 0 Å². The predicted molar refractivity (Wildman–Crippen MR) is 125 cm³/mol. The molecule has 0 aliphatic heterocycles. The van der Waals surface area contributed by atoms with E-state index in [1.807, 2.05) is 30.6 Å². The first-order valence-corrected chi connectivity index (χ1v) is 10.3. The summed E-state index contributed by atoms with van der Waals surface area (Å²) in [7, 11) is 0. The first-order valence-electron chi connectivity index (χ1n) is 10.3. The number of hydrogen-bond acceptors (Lipinski definition) is 3. The van der Waals surface area contributed by atoms with Crippen molar-refractivity contribution < 1.29 is 8.83 Å². The van der Waals surface area contributed by atoms with Crippen molar-refractivity contribution in [2.24, 2.45) is 0 Å². The van der Waals surface area contributed by atoms with Crippen LogP contribution in [0.5, 0.6) is 0 Å². The van der Waals surface area contributed by atoms with Crippen molar-refractivity contribution >= 4 is 71.2 Å². The maximum atomic E-state index is 6.48. The fourth-order valence-electron chi connectivity index (χ4n) is 5.18. The topological polar surface area (TPSA) is 43.6 Å². The summed E-state index contributed by atoms with van der Waals surface area (Å²) in [4.78, 5) is 4.67. The van der Waals surface area contributed by atoms with Crippen molar-refractivity contribution in [3.63, 3.8) is 0 Å². The zero-order chi connectivity index (χ0) is 20.1. The van der Waals surface area contributed by atoms with Crippen LogP contribution >= 0.6 is 0 Å². The lowest BCUT2D eigenvalue weighted by Crippen LogP contribution is -1.91. The summed E-state index contributed by atoms with van der Waals surface area (Å²) < 4.78 is 14.8. The summed E-state index contributed by atoms with van der Waals surface area (Å²) >= 11 is 0. The van der Waals surface area contributed by atoms with Gasteiger partial charge in [0.05, 0.1) is 16.3 Å². The third-order valence-corrected chi connectivity index (χ3v) is 6.46. The highest BCUT2D eigenvalue weighted by atomic mass is 16.3. The average molecular weight is 398 g/mol. The molecule has 0 radical (unpaired) electrons. The number of hydrogen-bond donors (Lipinski definition) is 0. The van der Waals surface area contributed by atoms with Crippen molar-refractivity contribution in [3.8, 4) is 0 Å².